The Kier molecular flexibility index (Phi) is 1.28. The van der Waals surface area contributed by atoms with Crippen LogP contribution in [-0.4, -0.2) is 30.2 Å². The molecule has 3 nitrogen and oxygen atoms in total. The smallest absolute Gasteiger partial charge is 0.286 e. The summed E-state index contributed by atoms with van der Waals surface area (Å²) in [6.07, 6.45) is 1.40. The van der Waals surface area contributed by atoms with Crippen molar-refractivity contribution in [2.75, 3.05) is 13.1 Å². The Morgan fingerprint density at radius 1 is 1.50 bits per heavy atom. The monoisotopic (exact) mass is 113 g/mol. The van der Waals surface area contributed by atoms with Gasteiger partial charge in [-0.05, 0) is 6.42 Å². The van der Waals surface area contributed by atoms with Gasteiger partial charge in [-0.25, -0.2) is 0 Å². The predicted octanol–water partition coefficient (Wildman–Crippen LogP) is -0.582. The van der Waals surface area contributed by atoms with Crippen molar-refractivity contribution in [1.29, 1.82) is 0 Å². The summed E-state index contributed by atoms with van der Waals surface area (Å²) in [7, 11) is 0. The number of hydrogen-bond acceptors (Lipinski definition) is 2. The van der Waals surface area contributed by atoms with Gasteiger partial charge in [-0.1, -0.05) is 0 Å². The Morgan fingerprint density at radius 2 is 2.12 bits per heavy atom. The molecule has 1 saturated heterocycles. The summed E-state index contributed by atoms with van der Waals surface area (Å²) in [6.45, 7) is 1.52. The Labute approximate surface area is 47.3 Å². The average Bonchev–Trinajstić information content (AvgIpc) is 1.62. The Morgan fingerprint density at radius 3 is 2.25 bits per heavy atom. The molecule has 0 atom stereocenters. The first-order valence-electron chi connectivity index (χ1n) is 2.58. The van der Waals surface area contributed by atoms with Crippen LogP contribution in [0.25, 0.3) is 0 Å². The lowest BCUT2D eigenvalue weighted by Crippen LogP contribution is -2.42. The predicted molar refractivity (Wildman–Crippen MR) is 27.3 cm³/mol. The minimum Gasteiger partial charge on any atom is -0.336 e. The second-order valence-corrected chi connectivity index (χ2v) is 1.80. The van der Waals surface area contributed by atoms with Gasteiger partial charge in [0.05, 0.1) is 0 Å². The number of carbonyl (C=O) groups excluding carboxylic acids is 2. The van der Waals surface area contributed by atoms with Crippen LogP contribution < -0.4 is 0 Å². The molecule has 1 aliphatic heterocycles. The van der Waals surface area contributed by atoms with Gasteiger partial charge in [0.1, 0.15) is 0 Å². The van der Waals surface area contributed by atoms with Crippen LogP contribution in [0.15, 0.2) is 0 Å². The number of rotatable bonds is 1. The second kappa shape index (κ2) is 1.94. The van der Waals surface area contributed by atoms with E-state index in [1.165, 1.54) is 4.90 Å². The third kappa shape index (κ3) is 0.710. The van der Waals surface area contributed by atoms with Gasteiger partial charge in [0.2, 0.25) is 6.29 Å². The van der Waals surface area contributed by atoms with Crippen LogP contribution in [0.5, 0.6) is 0 Å². The Hall–Kier alpha value is -0.860. The highest BCUT2D eigenvalue weighted by Gasteiger charge is 2.18. The fourth-order valence-electron chi connectivity index (χ4n) is 0.611. The fourth-order valence-corrected chi connectivity index (χ4v) is 0.611. The van der Waals surface area contributed by atoms with Crippen molar-refractivity contribution in [1.82, 2.24) is 4.90 Å². The molecule has 44 valence electrons. The average molecular weight is 113 g/mol. The summed E-state index contributed by atoms with van der Waals surface area (Å²) in [5, 5.41) is 0. The number of aldehydes is 1. The number of likely N-dealkylation sites (tertiary alicyclic amines) is 1. The maximum atomic E-state index is 10.4. The normalized spacial score (nSPS) is 17.2. The molecule has 1 amide bonds. The number of amides is 1. The fraction of sp³-hybridized carbons (Fsp3) is 0.600. The molecular weight excluding hydrogens is 106 g/mol. The second-order valence-electron chi connectivity index (χ2n) is 1.80. The molecule has 0 saturated carbocycles. The van der Waals surface area contributed by atoms with E-state index >= 15 is 0 Å². The lowest BCUT2D eigenvalue weighted by molar-refractivity contribution is -0.141. The first kappa shape index (κ1) is 5.28. The van der Waals surface area contributed by atoms with Crippen LogP contribution in [0.4, 0.5) is 0 Å². The molecule has 1 fully saturated rings. The molecule has 0 aromatic carbocycles. The largest absolute Gasteiger partial charge is 0.336 e. The quantitative estimate of drug-likeness (QED) is 0.337. The van der Waals surface area contributed by atoms with E-state index < -0.39 is 0 Å². The van der Waals surface area contributed by atoms with Gasteiger partial charge in [-0.3, -0.25) is 9.59 Å². The van der Waals surface area contributed by atoms with Crippen molar-refractivity contribution < 1.29 is 9.59 Å². The highest BCUT2D eigenvalue weighted by Crippen LogP contribution is 2.03. The van der Waals surface area contributed by atoms with E-state index in [1.807, 2.05) is 0 Å². The van der Waals surface area contributed by atoms with Gasteiger partial charge in [0, 0.05) is 13.1 Å². The molecule has 0 spiro atoms. The van der Waals surface area contributed by atoms with Crippen molar-refractivity contribution in [3.05, 3.63) is 0 Å². The van der Waals surface area contributed by atoms with Gasteiger partial charge in [-0.2, -0.15) is 0 Å². The van der Waals surface area contributed by atoms with Crippen molar-refractivity contribution in [2.24, 2.45) is 0 Å². The van der Waals surface area contributed by atoms with E-state index in [9.17, 15) is 9.59 Å². The molecule has 0 aromatic heterocycles. The van der Waals surface area contributed by atoms with E-state index in [0.717, 1.165) is 19.5 Å². The summed E-state index contributed by atoms with van der Waals surface area (Å²) in [5.41, 5.74) is 0. The molecule has 8 heavy (non-hydrogen) atoms. The first-order valence-corrected chi connectivity index (χ1v) is 2.58. The van der Waals surface area contributed by atoms with Crippen LogP contribution in [0.3, 0.4) is 0 Å². The van der Waals surface area contributed by atoms with Gasteiger partial charge in [0.25, 0.3) is 5.91 Å². The standard InChI is InChI=1S/C5H7NO2/c7-4-5(8)6-2-1-3-6/h4H,1-3H2. The molecule has 0 bridgehead atoms. The molecule has 1 aliphatic rings. The summed E-state index contributed by atoms with van der Waals surface area (Å²) in [5.74, 6) is -0.378. The van der Waals surface area contributed by atoms with E-state index in [-0.39, 0.29) is 5.91 Å². The van der Waals surface area contributed by atoms with Crippen LogP contribution in [0.2, 0.25) is 0 Å². The van der Waals surface area contributed by atoms with E-state index in [2.05, 4.69) is 0 Å². The molecule has 0 N–H and O–H groups in total. The van der Waals surface area contributed by atoms with Gasteiger partial charge in [0.15, 0.2) is 0 Å². The molecule has 0 aromatic rings. The zero-order chi connectivity index (χ0) is 5.98. The van der Waals surface area contributed by atoms with Crippen molar-refractivity contribution in [3.8, 4) is 0 Å². The van der Waals surface area contributed by atoms with Crippen LogP contribution in [0.1, 0.15) is 6.42 Å². The van der Waals surface area contributed by atoms with Crippen molar-refractivity contribution in [2.45, 2.75) is 6.42 Å². The highest BCUT2D eigenvalue weighted by molar-refractivity contribution is 6.23. The molecular formula is C5H7NO2. The SMILES string of the molecule is O=CC(=O)N1CCC1. The lowest BCUT2D eigenvalue weighted by atomic mass is 10.2. The first-order chi connectivity index (χ1) is 3.84. The van der Waals surface area contributed by atoms with E-state index in [1.54, 1.807) is 0 Å². The zero-order valence-corrected chi connectivity index (χ0v) is 4.46. The molecule has 1 heterocycles. The summed E-state index contributed by atoms with van der Waals surface area (Å²) in [4.78, 5) is 21.6. The molecule has 0 aliphatic carbocycles. The van der Waals surface area contributed by atoms with Gasteiger partial charge in [-0.15, -0.1) is 0 Å². The van der Waals surface area contributed by atoms with Crippen molar-refractivity contribution >= 4 is 12.2 Å². The Balaban J connectivity index is 2.34. The van der Waals surface area contributed by atoms with Crippen LogP contribution in [0, 0.1) is 0 Å². The number of nitrogens with zero attached hydrogens (tertiary/aromatic N) is 1. The van der Waals surface area contributed by atoms with Gasteiger partial charge < -0.3 is 4.90 Å². The van der Waals surface area contributed by atoms with Gasteiger partial charge >= 0.3 is 0 Å². The number of carbonyl (C=O) groups is 2. The third-order valence-electron chi connectivity index (χ3n) is 1.27. The Bertz CT molecular complexity index is 118. The maximum Gasteiger partial charge on any atom is 0.286 e. The molecule has 3 heteroatoms. The minimum atomic E-state index is -0.378. The molecule has 0 radical (unpaired) electrons. The van der Waals surface area contributed by atoms with Crippen LogP contribution >= 0.6 is 0 Å². The van der Waals surface area contributed by atoms with Crippen LogP contribution in [-0.2, 0) is 9.59 Å². The summed E-state index contributed by atoms with van der Waals surface area (Å²) >= 11 is 0. The number of hydrogen-bond donors (Lipinski definition) is 0. The maximum absolute atomic E-state index is 10.4. The molecule has 0 unspecified atom stereocenters. The molecule has 1 rings (SSSR count). The lowest BCUT2D eigenvalue weighted by Gasteiger charge is -2.28. The summed E-state index contributed by atoms with van der Waals surface area (Å²) in [6, 6.07) is 0. The highest BCUT2D eigenvalue weighted by atomic mass is 16.2. The van der Waals surface area contributed by atoms with E-state index in [0.29, 0.717) is 6.29 Å². The third-order valence-corrected chi connectivity index (χ3v) is 1.27. The minimum absolute atomic E-state index is 0.360. The summed E-state index contributed by atoms with van der Waals surface area (Å²) < 4.78 is 0. The van der Waals surface area contributed by atoms with Crippen molar-refractivity contribution in [3.63, 3.8) is 0 Å². The topological polar surface area (TPSA) is 37.4 Å². The van der Waals surface area contributed by atoms with E-state index in [4.69, 9.17) is 0 Å². The zero-order valence-electron chi connectivity index (χ0n) is 4.46.